The average Bonchev–Trinajstić information content (AvgIpc) is 3.09. The molecule has 0 bridgehead atoms. The molecule has 30 heavy (non-hydrogen) atoms. The maximum atomic E-state index is 12.3. The van der Waals surface area contributed by atoms with Gasteiger partial charge in [-0.1, -0.05) is 11.6 Å². The molecule has 1 heterocycles. The fourth-order valence-electron chi connectivity index (χ4n) is 1.95. The first kappa shape index (κ1) is 23.5. The van der Waals surface area contributed by atoms with Crippen molar-refractivity contribution < 1.29 is 30.6 Å². The lowest BCUT2D eigenvalue weighted by molar-refractivity contribution is -0.112. The molecule has 1 aromatic carbocycles. The number of nitrogens with zero attached hydrogens (tertiary/aromatic N) is 3. The van der Waals surface area contributed by atoms with Gasteiger partial charge in [-0.25, -0.2) is 8.42 Å². The predicted molar refractivity (Wildman–Crippen MR) is 109 cm³/mol. The van der Waals surface area contributed by atoms with Gasteiger partial charge >= 0.3 is 10.1 Å². The molecule has 1 amide bonds. The van der Waals surface area contributed by atoms with Gasteiger partial charge in [0.25, 0.3) is 11.1 Å². The highest BCUT2D eigenvalue weighted by molar-refractivity contribution is 7.90. The number of anilines is 1. The summed E-state index contributed by atoms with van der Waals surface area (Å²) in [5.74, 6) is -1.16. The van der Waals surface area contributed by atoms with Gasteiger partial charge < -0.3 is 8.92 Å². The van der Waals surface area contributed by atoms with E-state index in [9.17, 15) is 26.9 Å². The summed E-state index contributed by atoms with van der Waals surface area (Å²) in [6, 6.07) is 4.27. The first-order valence-corrected chi connectivity index (χ1v) is 12.4. The van der Waals surface area contributed by atoms with Gasteiger partial charge in [0.15, 0.2) is 5.75 Å². The van der Waals surface area contributed by atoms with E-state index in [1.54, 1.807) is 6.07 Å². The average molecular weight is 493 g/mol. The molecular weight excluding hydrogens is 480 g/mol. The summed E-state index contributed by atoms with van der Waals surface area (Å²) in [5.41, 5.74) is -0.139. The first-order valence-electron chi connectivity index (χ1n) is 7.58. The van der Waals surface area contributed by atoms with Crippen LogP contribution in [0.3, 0.4) is 0 Å². The molecule has 0 fully saturated rings. The molecule has 0 saturated heterocycles. The summed E-state index contributed by atoms with van der Waals surface area (Å²) in [6.07, 6.45) is 2.90. The highest BCUT2D eigenvalue weighted by atomic mass is 35.5. The third kappa shape index (κ3) is 6.13. The van der Waals surface area contributed by atoms with E-state index in [2.05, 4.69) is 14.7 Å². The van der Waals surface area contributed by atoms with Gasteiger partial charge in [0.2, 0.25) is 20.7 Å². The van der Waals surface area contributed by atoms with Crippen LogP contribution in [0.25, 0.3) is 6.08 Å². The van der Waals surface area contributed by atoms with Crippen LogP contribution in [-0.2, 0) is 24.7 Å². The second-order valence-electron chi connectivity index (χ2n) is 5.60. The molecule has 11 nitrogen and oxygen atoms in total. The predicted octanol–water partition coefficient (Wildman–Crippen LogP) is 1.49. The smallest absolute Gasteiger partial charge is 0.306 e. The molecule has 0 aliphatic rings. The molecule has 1 aromatic heterocycles. The molecule has 15 heteroatoms. The summed E-state index contributed by atoms with van der Waals surface area (Å²) < 4.78 is 59.0. The van der Waals surface area contributed by atoms with E-state index in [0.717, 1.165) is 18.6 Å². The van der Waals surface area contributed by atoms with Crippen LogP contribution in [0.2, 0.25) is 5.02 Å². The van der Waals surface area contributed by atoms with E-state index < -0.39 is 31.0 Å². The fourth-order valence-corrected chi connectivity index (χ4v) is 4.16. The molecule has 0 unspecified atom stereocenters. The Bertz CT molecular complexity index is 1280. The molecule has 0 aliphatic carbocycles. The zero-order valence-electron chi connectivity index (χ0n) is 15.5. The maximum Gasteiger partial charge on any atom is 0.306 e. The minimum Gasteiger partial charge on any atom is -0.493 e. The van der Waals surface area contributed by atoms with Crippen LogP contribution in [0.4, 0.5) is 5.13 Å². The summed E-state index contributed by atoms with van der Waals surface area (Å²) in [6.45, 7) is 0. The van der Waals surface area contributed by atoms with E-state index in [1.165, 1.54) is 19.2 Å². The number of sulfone groups is 1. The minimum atomic E-state index is -3.88. The van der Waals surface area contributed by atoms with Gasteiger partial charge in [0.05, 0.1) is 18.4 Å². The van der Waals surface area contributed by atoms with Gasteiger partial charge in [0, 0.05) is 17.8 Å². The van der Waals surface area contributed by atoms with Crippen LogP contribution in [-0.4, -0.2) is 51.7 Å². The lowest BCUT2D eigenvalue weighted by atomic mass is 10.1. The van der Waals surface area contributed by atoms with Crippen molar-refractivity contribution in [2.45, 2.75) is 5.16 Å². The van der Waals surface area contributed by atoms with E-state index in [4.69, 9.17) is 20.5 Å². The number of carbonyl (C=O) groups excluding carboxylic acids is 1. The number of methoxy groups -OCH3 is 1. The number of amides is 1. The third-order valence-electron chi connectivity index (χ3n) is 3.12. The zero-order valence-corrected chi connectivity index (χ0v) is 18.7. The van der Waals surface area contributed by atoms with Crippen LogP contribution >= 0.6 is 23.1 Å². The Kier molecular flexibility index (Phi) is 7.03. The number of halogens is 1. The van der Waals surface area contributed by atoms with E-state index in [-0.39, 0.29) is 32.8 Å². The van der Waals surface area contributed by atoms with Gasteiger partial charge in [-0.3, -0.25) is 10.1 Å². The molecule has 0 atom stereocenters. The number of nitrogens with one attached hydrogen (secondary N) is 1. The monoisotopic (exact) mass is 492 g/mol. The van der Waals surface area contributed by atoms with E-state index in [0.29, 0.717) is 11.5 Å². The highest BCUT2D eigenvalue weighted by Crippen LogP contribution is 2.37. The number of ether oxygens (including phenoxy) is 1. The second kappa shape index (κ2) is 8.96. The van der Waals surface area contributed by atoms with E-state index >= 15 is 0 Å². The Labute approximate surface area is 181 Å². The standard InChI is InChI=1S/C15H13ClN4O7S3/c1-26-11-6-8(5-10(16)12(11)27-30(3,24)25)4-9(7-17)13(21)18-14-19-15(20-28-14)29(2,22)23/h4-6H,1-3H3,(H,18,19,20,21). The Morgan fingerprint density at radius 3 is 2.47 bits per heavy atom. The number of carbonyl (C=O) groups is 1. The van der Waals surface area contributed by atoms with Crippen molar-refractivity contribution in [2.24, 2.45) is 0 Å². The number of aromatic nitrogens is 2. The minimum absolute atomic E-state index is 0.0428. The first-order chi connectivity index (χ1) is 13.8. The Morgan fingerprint density at radius 2 is 1.97 bits per heavy atom. The molecule has 1 N–H and O–H groups in total. The largest absolute Gasteiger partial charge is 0.493 e. The third-order valence-corrected chi connectivity index (χ3v) is 5.46. The van der Waals surface area contributed by atoms with Gasteiger partial charge in [-0.2, -0.15) is 23.0 Å². The summed E-state index contributed by atoms with van der Waals surface area (Å²) in [7, 11) is -6.28. The van der Waals surface area contributed by atoms with Crippen molar-refractivity contribution in [3.05, 3.63) is 28.3 Å². The Balaban J connectivity index is 2.35. The molecule has 0 spiro atoms. The number of hydrogen-bond acceptors (Lipinski definition) is 11. The SMILES string of the molecule is COc1cc(C=C(C#N)C(=O)Nc2nc(S(C)(=O)=O)ns2)cc(Cl)c1OS(C)(=O)=O. The van der Waals surface area contributed by atoms with Gasteiger partial charge in [-0.05, 0) is 23.8 Å². The lowest BCUT2D eigenvalue weighted by Gasteiger charge is -2.11. The van der Waals surface area contributed by atoms with Crippen molar-refractivity contribution in [1.29, 1.82) is 5.26 Å². The maximum absolute atomic E-state index is 12.3. The molecule has 0 radical (unpaired) electrons. The summed E-state index contributed by atoms with van der Waals surface area (Å²) in [4.78, 5) is 16.0. The van der Waals surface area contributed by atoms with Crippen LogP contribution in [0.1, 0.15) is 5.56 Å². The van der Waals surface area contributed by atoms with Crippen molar-refractivity contribution >= 4 is 60.2 Å². The molecule has 0 saturated carbocycles. The molecular formula is C15H13ClN4O7S3. The molecule has 0 aliphatic heterocycles. The molecule has 2 aromatic rings. The van der Waals surface area contributed by atoms with Crippen LogP contribution < -0.4 is 14.2 Å². The quantitative estimate of drug-likeness (QED) is 0.339. The zero-order chi connectivity index (χ0) is 22.7. The van der Waals surface area contributed by atoms with Gasteiger partial charge in [-0.15, -0.1) is 0 Å². The normalized spacial score (nSPS) is 12.2. The Hall–Kier alpha value is -2.73. The van der Waals surface area contributed by atoms with Crippen molar-refractivity contribution in [3.63, 3.8) is 0 Å². The fraction of sp³-hybridized carbons (Fsp3) is 0.200. The Morgan fingerprint density at radius 1 is 1.30 bits per heavy atom. The number of benzene rings is 1. The highest BCUT2D eigenvalue weighted by Gasteiger charge is 2.19. The van der Waals surface area contributed by atoms with Crippen molar-refractivity contribution in [2.75, 3.05) is 24.9 Å². The van der Waals surface area contributed by atoms with E-state index in [1.807, 2.05) is 0 Å². The number of hydrogen-bond donors (Lipinski definition) is 1. The number of rotatable bonds is 7. The van der Waals surface area contributed by atoms with Crippen LogP contribution in [0, 0.1) is 11.3 Å². The topological polar surface area (TPSA) is 165 Å². The molecule has 2 rings (SSSR count). The summed E-state index contributed by atoms with van der Waals surface area (Å²) >= 11 is 6.68. The van der Waals surface area contributed by atoms with Crippen LogP contribution in [0.15, 0.2) is 22.9 Å². The van der Waals surface area contributed by atoms with Crippen molar-refractivity contribution in [3.8, 4) is 17.6 Å². The molecule has 160 valence electrons. The van der Waals surface area contributed by atoms with Gasteiger partial charge in [0.1, 0.15) is 11.6 Å². The second-order valence-corrected chi connectivity index (χ2v) is 10.2. The van der Waals surface area contributed by atoms with Crippen LogP contribution in [0.5, 0.6) is 11.5 Å². The number of nitriles is 1. The summed E-state index contributed by atoms with van der Waals surface area (Å²) in [5, 5.41) is 10.9. The lowest BCUT2D eigenvalue weighted by Crippen LogP contribution is -2.13. The van der Waals surface area contributed by atoms with Crippen molar-refractivity contribution in [1.82, 2.24) is 9.36 Å².